The molecule has 1 aromatic carbocycles. The van der Waals surface area contributed by atoms with Crippen molar-refractivity contribution in [1.29, 1.82) is 0 Å². The Labute approximate surface area is 179 Å². The lowest BCUT2D eigenvalue weighted by Crippen LogP contribution is -2.24. The summed E-state index contributed by atoms with van der Waals surface area (Å²) in [6.45, 7) is 2.77. The number of anilines is 1. The van der Waals surface area contributed by atoms with Gasteiger partial charge in [0, 0.05) is 6.54 Å². The summed E-state index contributed by atoms with van der Waals surface area (Å²) in [4.78, 5) is 28.7. The highest BCUT2D eigenvalue weighted by Crippen LogP contribution is 2.26. The summed E-state index contributed by atoms with van der Waals surface area (Å²) in [6, 6.07) is 11.0. The van der Waals surface area contributed by atoms with Crippen LogP contribution in [0.1, 0.15) is 23.3 Å². The van der Waals surface area contributed by atoms with E-state index in [1.807, 2.05) is 35.8 Å². The van der Waals surface area contributed by atoms with Crippen molar-refractivity contribution in [3.63, 3.8) is 0 Å². The highest BCUT2D eigenvalue weighted by atomic mass is 32.2. The largest absolute Gasteiger partial charge is 0.459 e. The molecule has 0 fully saturated rings. The number of nitrogens with one attached hydrogen (secondary N) is 2. The minimum absolute atomic E-state index is 0.169. The number of aromatic nitrogens is 4. The number of amides is 2. The summed E-state index contributed by atoms with van der Waals surface area (Å²) in [5, 5.41) is 15.0. The van der Waals surface area contributed by atoms with Gasteiger partial charge in [-0.3, -0.25) is 9.59 Å². The smallest absolute Gasteiger partial charge is 0.287 e. The molecule has 9 nitrogen and oxygen atoms in total. The number of nitrogens with zero attached hydrogens (tertiary/aromatic N) is 4. The van der Waals surface area contributed by atoms with E-state index < -0.39 is 0 Å². The van der Waals surface area contributed by atoms with Gasteiger partial charge in [0.1, 0.15) is 0 Å². The van der Waals surface area contributed by atoms with Crippen molar-refractivity contribution >= 4 is 50.3 Å². The van der Waals surface area contributed by atoms with E-state index in [2.05, 4.69) is 25.8 Å². The first-order chi connectivity index (χ1) is 14.6. The number of hydrogen-bond acceptors (Lipinski definition) is 8. The standard InChI is InChI=1S/C19H18N6O3S2/c1-2-25-15(10-20-17(27)13-7-5-9-28-13)23-24-19(25)29-11-16(26)22-18-21-12-6-3-4-8-14(12)30-18/h3-9H,2,10-11H2,1H3,(H,20,27)(H,21,22,26). The lowest BCUT2D eigenvalue weighted by molar-refractivity contribution is -0.113. The zero-order valence-electron chi connectivity index (χ0n) is 16.0. The van der Waals surface area contributed by atoms with Gasteiger partial charge in [0.05, 0.1) is 28.8 Å². The van der Waals surface area contributed by atoms with E-state index in [1.165, 1.54) is 29.4 Å². The predicted molar refractivity (Wildman–Crippen MR) is 115 cm³/mol. The van der Waals surface area contributed by atoms with Gasteiger partial charge in [-0.15, -0.1) is 10.2 Å². The summed E-state index contributed by atoms with van der Waals surface area (Å²) < 4.78 is 7.95. The molecule has 4 rings (SSSR count). The normalized spacial score (nSPS) is 11.0. The van der Waals surface area contributed by atoms with Gasteiger partial charge in [-0.05, 0) is 31.2 Å². The Morgan fingerprint density at radius 3 is 2.83 bits per heavy atom. The maximum Gasteiger partial charge on any atom is 0.287 e. The second kappa shape index (κ2) is 9.09. The third kappa shape index (κ3) is 4.52. The summed E-state index contributed by atoms with van der Waals surface area (Å²) in [5.74, 6) is 0.518. The van der Waals surface area contributed by atoms with E-state index in [1.54, 1.807) is 12.1 Å². The number of hydrogen-bond donors (Lipinski definition) is 2. The molecule has 2 N–H and O–H groups in total. The second-order valence-electron chi connectivity index (χ2n) is 6.13. The average molecular weight is 443 g/mol. The monoisotopic (exact) mass is 442 g/mol. The fourth-order valence-electron chi connectivity index (χ4n) is 2.74. The lowest BCUT2D eigenvalue weighted by atomic mass is 10.3. The van der Waals surface area contributed by atoms with Crippen LogP contribution >= 0.6 is 23.1 Å². The van der Waals surface area contributed by atoms with Gasteiger partial charge in [0.2, 0.25) is 5.91 Å². The summed E-state index contributed by atoms with van der Waals surface area (Å²) in [6.07, 6.45) is 1.44. The van der Waals surface area contributed by atoms with Crippen LogP contribution in [0, 0.1) is 0 Å². The molecule has 154 valence electrons. The van der Waals surface area contributed by atoms with Crippen molar-refractivity contribution in [2.45, 2.75) is 25.2 Å². The van der Waals surface area contributed by atoms with Crippen molar-refractivity contribution in [2.24, 2.45) is 0 Å². The molecule has 11 heteroatoms. The molecule has 0 aliphatic rings. The molecule has 2 amide bonds. The van der Waals surface area contributed by atoms with E-state index in [4.69, 9.17) is 4.42 Å². The first-order valence-corrected chi connectivity index (χ1v) is 11.0. The SMILES string of the molecule is CCn1c(CNC(=O)c2ccco2)nnc1SCC(=O)Nc1nc2ccccc2s1. The van der Waals surface area contributed by atoms with Crippen molar-refractivity contribution in [3.05, 3.63) is 54.2 Å². The quantitative estimate of drug-likeness (QED) is 0.403. The molecule has 30 heavy (non-hydrogen) atoms. The fraction of sp³-hybridized carbons (Fsp3) is 0.211. The second-order valence-corrected chi connectivity index (χ2v) is 8.10. The van der Waals surface area contributed by atoms with Crippen LogP contribution in [-0.4, -0.2) is 37.3 Å². The van der Waals surface area contributed by atoms with Crippen LogP contribution in [0.5, 0.6) is 0 Å². The number of thiazole rings is 1. The number of fused-ring (bicyclic) bond motifs is 1. The van der Waals surface area contributed by atoms with Gasteiger partial charge in [0.25, 0.3) is 5.91 Å². The topological polar surface area (TPSA) is 115 Å². The summed E-state index contributed by atoms with van der Waals surface area (Å²) in [7, 11) is 0. The minimum atomic E-state index is -0.324. The Morgan fingerprint density at radius 1 is 1.20 bits per heavy atom. The highest BCUT2D eigenvalue weighted by Gasteiger charge is 2.16. The Bertz CT molecular complexity index is 1140. The number of furan rings is 1. The number of rotatable bonds is 8. The molecular weight excluding hydrogens is 424 g/mol. The van der Waals surface area contributed by atoms with E-state index in [0.29, 0.717) is 22.7 Å². The Kier molecular flexibility index (Phi) is 6.10. The van der Waals surface area contributed by atoms with Crippen molar-refractivity contribution < 1.29 is 14.0 Å². The number of para-hydroxylation sites is 1. The minimum Gasteiger partial charge on any atom is -0.459 e. The fourth-order valence-corrected chi connectivity index (χ4v) is 4.44. The highest BCUT2D eigenvalue weighted by molar-refractivity contribution is 7.99. The third-order valence-corrected chi connectivity index (χ3v) is 6.05. The molecule has 3 heterocycles. The van der Waals surface area contributed by atoms with E-state index in [-0.39, 0.29) is 29.9 Å². The molecule has 0 radical (unpaired) electrons. The van der Waals surface area contributed by atoms with Crippen LogP contribution in [-0.2, 0) is 17.9 Å². The first-order valence-electron chi connectivity index (χ1n) is 9.16. The van der Waals surface area contributed by atoms with E-state index in [0.717, 1.165) is 10.2 Å². The van der Waals surface area contributed by atoms with Gasteiger partial charge in [-0.2, -0.15) is 0 Å². The number of carbonyl (C=O) groups is 2. The molecule has 0 bridgehead atoms. The molecule has 0 atom stereocenters. The zero-order chi connectivity index (χ0) is 20.9. The number of benzene rings is 1. The molecule has 4 aromatic rings. The summed E-state index contributed by atoms with van der Waals surface area (Å²) in [5.41, 5.74) is 0.859. The first kappa shape index (κ1) is 20.1. The third-order valence-electron chi connectivity index (χ3n) is 4.13. The molecule has 0 aliphatic heterocycles. The molecule has 3 aromatic heterocycles. The van der Waals surface area contributed by atoms with Gasteiger partial charge in [0.15, 0.2) is 21.9 Å². The van der Waals surface area contributed by atoms with Crippen LogP contribution in [0.15, 0.2) is 52.2 Å². The maximum absolute atomic E-state index is 12.3. The van der Waals surface area contributed by atoms with Crippen LogP contribution in [0.2, 0.25) is 0 Å². The van der Waals surface area contributed by atoms with Gasteiger partial charge < -0.3 is 19.6 Å². The van der Waals surface area contributed by atoms with Crippen molar-refractivity contribution in [1.82, 2.24) is 25.1 Å². The Hall–Kier alpha value is -3.18. The Balaban J connectivity index is 1.33. The lowest BCUT2D eigenvalue weighted by Gasteiger charge is -2.07. The molecule has 0 aliphatic carbocycles. The van der Waals surface area contributed by atoms with Crippen LogP contribution < -0.4 is 10.6 Å². The van der Waals surface area contributed by atoms with Crippen molar-refractivity contribution in [2.75, 3.05) is 11.1 Å². The van der Waals surface area contributed by atoms with Crippen LogP contribution in [0.3, 0.4) is 0 Å². The van der Waals surface area contributed by atoms with Gasteiger partial charge in [-0.25, -0.2) is 4.98 Å². The van der Waals surface area contributed by atoms with Crippen LogP contribution in [0.25, 0.3) is 10.2 Å². The maximum atomic E-state index is 12.3. The predicted octanol–water partition coefficient (Wildman–Crippen LogP) is 3.16. The van der Waals surface area contributed by atoms with Crippen molar-refractivity contribution in [3.8, 4) is 0 Å². The number of carbonyl (C=O) groups excluding carboxylic acids is 2. The zero-order valence-corrected chi connectivity index (χ0v) is 17.6. The van der Waals surface area contributed by atoms with Crippen LogP contribution in [0.4, 0.5) is 5.13 Å². The average Bonchev–Trinajstić information content (AvgIpc) is 3.49. The molecule has 0 saturated carbocycles. The summed E-state index contributed by atoms with van der Waals surface area (Å²) >= 11 is 2.72. The Morgan fingerprint density at radius 2 is 2.07 bits per heavy atom. The van der Waals surface area contributed by atoms with Gasteiger partial charge in [-0.1, -0.05) is 35.2 Å². The molecule has 0 saturated heterocycles. The molecular formula is C19H18N6O3S2. The van der Waals surface area contributed by atoms with E-state index >= 15 is 0 Å². The van der Waals surface area contributed by atoms with E-state index in [9.17, 15) is 9.59 Å². The molecule has 0 spiro atoms. The van der Waals surface area contributed by atoms with Gasteiger partial charge >= 0.3 is 0 Å². The number of thioether (sulfide) groups is 1. The molecule has 0 unspecified atom stereocenters.